The van der Waals surface area contributed by atoms with Crippen molar-refractivity contribution in [2.24, 2.45) is 5.92 Å². The number of carbonyl (C=O) groups is 1. The molecule has 1 fully saturated rings. The van der Waals surface area contributed by atoms with E-state index in [-0.39, 0.29) is 30.4 Å². The molecule has 2 aromatic heterocycles. The van der Waals surface area contributed by atoms with E-state index in [4.69, 9.17) is 0 Å². The second-order valence-electron chi connectivity index (χ2n) is 7.68. The van der Waals surface area contributed by atoms with Gasteiger partial charge >= 0.3 is 6.18 Å². The number of nitrogens with one attached hydrogen (secondary N) is 2. The number of hydrogen-bond donors (Lipinski definition) is 2. The van der Waals surface area contributed by atoms with E-state index in [0.29, 0.717) is 18.7 Å². The van der Waals surface area contributed by atoms with E-state index in [9.17, 15) is 22.4 Å². The number of anilines is 2. The Kier molecular flexibility index (Phi) is 5.79. The summed E-state index contributed by atoms with van der Waals surface area (Å²) in [5, 5.41) is 3.43. The molecule has 0 amide bonds. The highest BCUT2D eigenvalue weighted by atomic mass is 19.4. The van der Waals surface area contributed by atoms with Gasteiger partial charge in [0, 0.05) is 25.7 Å². The Labute approximate surface area is 175 Å². The van der Waals surface area contributed by atoms with Crippen LogP contribution in [0.3, 0.4) is 0 Å². The Morgan fingerprint density at radius 2 is 2.10 bits per heavy atom. The number of benzene rings is 1. The van der Waals surface area contributed by atoms with Crippen molar-refractivity contribution >= 4 is 28.3 Å². The molecule has 1 aliphatic rings. The number of Topliss-reactive ketones (excluding diaryl/α,β-unsaturated/α-hetero) is 1. The van der Waals surface area contributed by atoms with Gasteiger partial charge in [-0.1, -0.05) is 0 Å². The minimum atomic E-state index is -4.58. The molecule has 1 saturated heterocycles. The number of ketones is 1. The van der Waals surface area contributed by atoms with Gasteiger partial charge in [0.1, 0.15) is 23.6 Å². The van der Waals surface area contributed by atoms with Gasteiger partial charge in [0.15, 0.2) is 5.78 Å². The van der Waals surface area contributed by atoms with Crippen molar-refractivity contribution in [2.45, 2.75) is 25.4 Å². The van der Waals surface area contributed by atoms with Crippen LogP contribution >= 0.6 is 0 Å². The number of alkyl halides is 3. The van der Waals surface area contributed by atoms with Crippen molar-refractivity contribution in [1.82, 2.24) is 15.0 Å². The van der Waals surface area contributed by atoms with Crippen molar-refractivity contribution in [3.63, 3.8) is 0 Å². The summed E-state index contributed by atoms with van der Waals surface area (Å²) in [6.07, 6.45) is 0.727. The molecule has 0 radical (unpaired) electrons. The molecule has 164 valence electrons. The third-order valence-electron chi connectivity index (χ3n) is 5.44. The number of aromatic amines is 1. The van der Waals surface area contributed by atoms with E-state index < -0.39 is 17.6 Å². The van der Waals surface area contributed by atoms with Crippen LogP contribution in [0.4, 0.5) is 29.1 Å². The zero-order valence-electron chi connectivity index (χ0n) is 16.5. The fourth-order valence-electron chi connectivity index (χ4n) is 3.96. The Morgan fingerprint density at radius 3 is 2.90 bits per heavy atom. The van der Waals surface area contributed by atoms with Crippen LogP contribution in [0, 0.1) is 11.7 Å². The summed E-state index contributed by atoms with van der Waals surface area (Å²) in [4.78, 5) is 26.2. The molecule has 0 saturated carbocycles. The summed E-state index contributed by atoms with van der Waals surface area (Å²) < 4.78 is 52.3. The predicted octanol–water partition coefficient (Wildman–Crippen LogP) is 4.40. The zero-order valence-corrected chi connectivity index (χ0v) is 16.5. The Hall–Kier alpha value is -3.17. The molecule has 0 spiro atoms. The van der Waals surface area contributed by atoms with Crippen molar-refractivity contribution in [3.05, 3.63) is 48.2 Å². The highest BCUT2D eigenvalue weighted by Crippen LogP contribution is 2.32. The molecule has 0 aliphatic carbocycles. The maximum absolute atomic E-state index is 13.8. The lowest BCUT2D eigenvalue weighted by Gasteiger charge is -2.33. The molecular formula is C21H21F4N5O. The number of carbonyl (C=O) groups excluding carboxylic acids is 1. The van der Waals surface area contributed by atoms with Gasteiger partial charge in [0.2, 0.25) is 0 Å². The normalized spacial score (nSPS) is 17.2. The highest BCUT2D eigenvalue weighted by Gasteiger charge is 2.31. The summed E-state index contributed by atoms with van der Waals surface area (Å²) in [6, 6.07) is 4.01. The molecule has 10 heteroatoms. The van der Waals surface area contributed by atoms with Crippen LogP contribution in [-0.2, 0) is 11.0 Å². The first-order valence-corrected chi connectivity index (χ1v) is 9.96. The first-order valence-electron chi connectivity index (χ1n) is 9.96. The van der Waals surface area contributed by atoms with Crippen LogP contribution in [0.15, 0.2) is 36.8 Å². The van der Waals surface area contributed by atoms with Crippen LogP contribution in [0.25, 0.3) is 11.0 Å². The highest BCUT2D eigenvalue weighted by molar-refractivity contribution is 5.87. The van der Waals surface area contributed by atoms with Gasteiger partial charge in [-0.3, -0.25) is 4.79 Å². The van der Waals surface area contributed by atoms with E-state index in [2.05, 4.69) is 25.2 Å². The number of aromatic nitrogens is 3. The second kappa shape index (κ2) is 8.52. The third kappa shape index (κ3) is 4.78. The lowest BCUT2D eigenvalue weighted by atomic mass is 9.92. The van der Waals surface area contributed by atoms with Crippen molar-refractivity contribution in [1.29, 1.82) is 0 Å². The molecule has 1 aromatic carbocycles. The molecule has 0 unspecified atom stereocenters. The van der Waals surface area contributed by atoms with Crippen molar-refractivity contribution < 1.29 is 22.4 Å². The maximum atomic E-state index is 13.8. The van der Waals surface area contributed by atoms with E-state index in [0.717, 1.165) is 42.3 Å². The zero-order chi connectivity index (χ0) is 22.0. The van der Waals surface area contributed by atoms with Crippen molar-refractivity contribution in [3.8, 4) is 0 Å². The van der Waals surface area contributed by atoms with Gasteiger partial charge in [0.05, 0.1) is 23.2 Å². The molecule has 1 atom stereocenters. The lowest BCUT2D eigenvalue weighted by molar-refractivity contribution is -0.137. The smallest absolute Gasteiger partial charge is 0.376 e. The van der Waals surface area contributed by atoms with Gasteiger partial charge in [-0.25, -0.2) is 14.4 Å². The Morgan fingerprint density at radius 1 is 1.26 bits per heavy atom. The fourth-order valence-corrected chi connectivity index (χ4v) is 3.96. The monoisotopic (exact) mass is 435 g/mol. The number of nitrogens with zero attached hydrogens (tertiary/aromatic N) is 3. The molecule has 3 heterocycles. The lowest BCUT2D eigenvalue weighted by Crippen LogP contribution is -2.37. The number of rotatable bonds is 6. The van der Waals surface area contributed by atoms with E-state index in [1.807, 2.05) is 6.07 Å². The summed E-state index contributed by atoms with van der Waals surface area (Å²) in [5.41, 5.74) is -0.549. The quantitative estimate of drug-likeness (QED) is 0.562. The average Bonchev–Trinajstić information content (AvgIpc) is 3.21. The number of hydrogen-bond acceptors (Lipinski definition) is 5. The minimum Gasteiger partial charge on any atom is -0.376 e. The first-order chi connectivity index (χ1) is 14.8. The Balaban J connectivity index is 1.36. The minimum absolute atomic E-state index is 0.0818. The SMILES string of the molecule is O=C(CNc1cc(C(F)(F)F)ccc1F)C[C@@H]1CCCN(c2ncnc3[nH]ccc23)C1. The van der Waals surface area contributed by atoms with E-state index >= 15 is 0 Å². The second-order valence-corrected chi connectivity index (χ2v) is 7.68. The van der Waals surface area contributed by atoms with Crippen LogP contribution < -0.4 is 10.2 Å². The van der Waals surface area contributed by atoms with Crippen LogP contribution in [-0.4, -0.2) is 40.4 Å². The summed E-state index contributed by atoms with van der Waals surface area (Å²) in [5.74, 6) is -0.118. The molecule has 6 nitrogen and oxygen atoms in total. The Bertz CT molecular complexity index is 1080. The van der Waals surface area contributed by atoms with Gasteiger partial charge in [0.25, 0.3) is 0 Å². The van der Waals surface area contributed by atoms with Gasteiger partial charge < -0.3 is 15.2 Å². The number of halogens is 4. The third-order valence-corrected chi connectivity index (χ3v) is 5.44. The summed E-state index contributed by atoms with van der Waals surface area (Å²) in [7, 11) is 0. The molecule has 4 rings (SSSR count). The molecular weight excluding hydrogens is 414 g/mol. The number of fused-ring (bicyclic) bond motifs is 1. The summed E-state index contributed by atoms with van der Waals surface area (Å²) in [6.45, 7) is 1.22. The average molecular weight is 435 g/mol. The fraction of sp³-hybridized carbons (Fsp3) is 0.381. The number of H-pyrrole nitrogens is 1. The maximum Gasteiger partial charge on any atom is 0.416 e. The van der Waals surface area contributed by atoms with Gasteiger partial charge in [-0.05, 0) is 43.0 Å². The molecule has 0 bridgehead atoms. The first kappa shape index (κ1) is 21.1. The van der Waals surface area contributed by atoms with Gasteiger partial charge in [-0.15, -0.1) is 0 Å². The largest absolute Gasteiger partial charge is 0.416 e. The van der Waals surface area contributed by atoms with E-state index in [1.165, 1.54) is 6.33 Å². The van der Waals surface area contributed by atoms with Crippen molar-refractivity contribution in [2.75, 3.05) is 29.9 Å². The summed E-state index contributed by atoms with van der Waals surface area (Å²) >= 11 is 0. The van der Waals surface area contributed by atoms with Crippen LogP contribution in [0.1, 0.15) is 24.8 Å². The predicted molar refractivity (Wildman–Crippen MR) is 108 cm³/mol. The van der Waals surface area contributed by atoms with E-state index in [1.54, 1.807) is 6.20 Å². The topological polar surface area (TPSA) is 73.9 Å². The van der Waals surface area contributed by atoms with Gasteiger partial charge in [-0.2, -0.15) is 13.2 Å². The molecule has 2 N–H and O–H groups in total. The molecule has 31 heavy (non-hydrogen) atoms. The van der Waals surface area contributed by atoms with Crippen LogP contribution in [0.5, 0.6) is 0 Å². The molecule has 1 aliphatic heterocycles. The standard InChI is InChI=1S/C21H21F4N5O/c22-17-4-3-14(21(23,24)25)9-18(17)27-10-15(31)8-13-2-1-7-30(11-13)20-16-5-6-26-19(16)28-12-29-20/h3-6,9,12-13,27H,1-2,7-8,10-11H2,(H,26,28,29)/t13-/m0/s1. The van der Waals surface area contributed by atoms with Crippen LogP contribution in [0.2, 0.25) is 0 Å². The molecule has 3 aromatic rings. The number of piperidine rings is 1.